The third kappa shape index (κ3) is 7.64. The van der Waals surface area contributed by atoms with Gasteiger partial charge < -0.3 is 4.74 Å². The van der Waals surface area contributed by atoms with E-state index in [9.17, 15) is 4.79 Å². The number of thiol groups is 1. The Hall–Kier alpha value is -0.651. The van der Waals surface area contributed by atoms with Crippen LogP contribution in [0.2, 0.25) is 5.02 Å². The summed E-state index contributed by atoms with van der Waals surface area (Å²) in [4.78, 5) is 12.1. The molecule has 5 heteroatoms. The number of unbranched alkanes of at least 4 members (excludes halogenated alkanes) is 1. The van der Waals surface area contributed by atoms with Gasteiger partial charge in [0.1, 0.15) is 0 Å². The zero-order chi connectivity index (χ0) is 17.1. The number of halogens is 1. The Balaban J connectivity index is 0.000000253. The van der Waals surface area contributed by atoms with Crippen molar-refractivity contribution >= 4 is 52.7 Å². The molecule has 121 valence electrons. The number of carbonyl (C=O) groups excluding carboxylic acids is 1. The van der Waals surface area contributed by atoms with E-state index in [4.69, 9.17) is 16.3 Å². The Morgan fingerprint density at radius 1 is 1.17 bits per heavy atom. The van der Waals surface area contributed by atoms with Crippen molar-refractivity contribution < 1.29 is 9.53 Å². The summed E-state index contributed by atoms with van der Waals surface area (Å²) in [5.41, 5.74) is 1.80. The molecule has 0 fully saturated rings. The number of hydrogen-bond acceptors (Lipinski definition) is 3. The summed E-state index contributed by atoms with van der Waals surface area (Å²) in [5.74, 6) is -0.288. The number of hydrogen-bond donors (Lipinski definition) is 1. The fourth-order valence-electron chi connectivity index (χ4n) is 1.67. The van der Waals surface area contributed by atoms with Crippen LogP contribution in [-0.4, -0.2) is 35.1 Å². The molecule has 0 aliphatic carbocycles. The Labute approximate surface area is 162 Å². The molecule has 3 radical (unpaired) electrons. The first-order chi connectivity index (χ1) is 11.1. The van der Waals surface area contributed by atoms with Gasteiger partial charge in [-0.3, -0.25) is 0 Å². The van der Waals surface area contributed by atoms with E-state index in [1.165, 1.54) is 28.1 Å². The van der Waals surface area contributed by atoms with E-state index >= 15 is 0 Å². The van der Waals surface area contributed by atoms with Gasteiger partial charge in [-0.2, -0.15) is 0 Å². The monoisotopic (exact) mass is 455 g/mol. The van der Waals surface area contributed by atoms with E-state index in [0.29, 0.717) is 17.1 Å². The van der Waals surface area contributed by atoms with Crippen LogP contribution in [0.3, 0.4) is 0 Å². The molecule has 0 spiro atoms. The summed E-state index contributed by atoms with van der Waals surface area (Å²) in [7, 11) is 0. The predicted octanol–water partition coefficient (Wildman–Crippen LogP) is 4.94. The van der Waals surface area contributed by atoms with Crippen LogP contribution in [0, 0.1) is 0 Å². The van der Waals surface area contributed by atoms with E-state index < -0.39 is 0 Å². The van der Waals surface area contributed by atoms with Gasteiger partial charge in [-0.15, -0.1) is 12.6 Å². The van der Waals surface area contributed by atoms with Crippen molar-refractivity contribution in [1.29, 1.82) is 0 Å². The van der Waals surface area contributed by atoms with E-state index in [2.05, 4.69) is 25.6 Å². The SMILES string of the molecule is CCCCOC(=O)c1ccccc1S.Clc1ccccc1[CH2][Sn]. The van der Waals surface area contributed by atoms with Crippen LogP contribution >= 0.6 is 24.2 Å². The van der Waals surface area contributed by atoms with Gasteiger partial charge in [-0.25, -0.2) is 4.79 Å². The summed E-state index contributed by atoms with van der Waals surface area (Å²) in [5, 5.41) is 0.898. The van der Waals surface area contributed by atoms with Crippen LogP contribution in [0.25, 0.3) is 0 Å². The normalized spacial score (nSPS) is 9.74. The minimum absolute atomic E-state index is 0.288. The number of carbonyl (C=O) groups is 1. The van der Waals surface area contributed by atoms with Crippen LogP contribution in [0.15, 0.2) is 53.4 Å². The van der Waals surface area contributed by atoms with E-state index in [-0.39, 0.29) is 5.97 Å². The number of benzene rings is 2. The topological polar surface area (TPSA) is 26.3 Å². The molecule has 2 rings (SSSR count). The average molecular weight is 455 g/mol. The summed E-state index contributed by atoms with van der Waals surface area (Å²) in [6, 6.07) is 15.1. The molecule has 0 N–H and O–H groups in total. The van der Waals surface area contributed by atoms with Gasteiger partial charge >= 0.3 is 79.4 Å². The van der Waals surface area contributed by atoms with Crippen molar-refractivity contribution in [3.8, 4) is 0 Å². The first-order valence-corrected chi connectivity index (χ1v) is 10.3. The van der Waals surface area contributed by atoms with Gasteiger partial charge in [-0.1, -0.05) is 25.5 Å². The number of esters is 1. The number of ether oxygens (including phenoxy) is 1. The summed E-state index contributed by atoms with van der Waals surface area (Å²) in [6.07, 6.45) is 1.93. The maximum atomic E-state index is 11.5. The van der Waals surface area contributed by atoms with Gasteiger partial charge in [0.05, 0.1) is 12.2 Å². The molecule has 0 aliphatic rings. The minimum atomic E-state index is -0.288. The third-order valence-corrected chi connectivity index (χ3v) is 4.85. The molecule has 2 aromatic rings. The first kappa shape index (κ1) is 20.4. The fourth-order valence-corrected chi connectivity index (χ4v) is 3.33. The zero-order valence-corrected chi connectivity index (χ0v) is 17.6. The second-order valence-electron chi connectivity index (χ2n) is 4.77. The molecule has 0 unspecified atom stereocenters. The number of rotatable bonds is 5. The summed E-state index contributed by atoms with van der Waals surface area (Å²) in [6.45, 7) is 2.54. The second kappa shape index (κ2) is 11.8. The molecule has 0 aliphatic heterocycles. The third-order valence-electron chi connectivity index (χ3n) is 3.00. The van der Waals surface area contributed by atoms with Crippen molar-refractivity contribution in [2.75, 3.05) is 6.61 Å². The first-order valence-electron chi connectivity index (χ1n) is 7.43. The Morgan fingerprint density at radius 3 is 2.39 bits per heavy atom. The van der Waals surface area contributed by atoms with Crippen molar-refractivity contribution in [3.05, 3.63) is 64.7 Å². The molecular weight excluding hydrogens is 434 g/mol. The molecule has 2 nitrogen and oxygen atoms in total. The molecule has 0 heterocycles. The zero-order valence-electron chi connectivity index (χ0n) is 13.1. The fraction of sp³-hybridized carbons (Fsp3) is 0.278. The molecule has 0 amide bonds. The van der Waals surface area contributed by atoms with Gasteiger partial charge in [-0.05, 0) is 18.6 Å². The van der Waals surface area contributed by atoms with Crippen LogP contribution in [0.5, 0.6) is 0 Å². The van der Waals surface area contributed by atoms with Crippen molar-refractivity contribution in [2.45, 2.75) is 29.1 Å². The van der Waals surface area contributed by atoms with Crippen LogP contribution in [0.4, 0.5) is 0 Å². The molecule has 0 atom stereocenters. The van der Waals surface area contributed by atoms with Gasteiger partial charge in [0, 0.05) is 4.90 Å². The van der Waals surface area contributed by atoms with Gasteiger partial charge in [0.2, 0.25) is 0 Å². The molecule has 0 saturated carbocycles. The van der Waals surface area contributed by atoms with Crippen LogP contribution in [-0.2, 0) is 9.17 Å². The van der Waals surface area contributed by atoms with Crippen LogP contribution < -0.4 is 0 Å². The maximum absolute atomic E-state index is 11.5. The Morgan fingerprint density at radius 2 is 1.83 bits per heavy atom. The van der Waals surface area contributed by atoms with Crippen molar-refractivity contribution in [1.82, 2.24) is 0 Å². The molecule has 0 saturated heterocycles. The van der Waals surface area contributed by atoms with E-state index in [1.807, 2.05) is 24.3 Å². The van der Waals surface area contributed by atoms with Crippen molar-refractivity contribution in [2.24, 2.45) is 0 Å². The summed E-state index contributed by atoms with van der Waals surface area (Å²) < 4.78 is 6.17. The molecule has 0 bridgehead atoms. The summed E-state index contributed by atoms with van der Waals surface area (Å²) >= 11 is 11.5. The van der Waals surface area contributed by atoms with E-state index in [1.54, 1.807) is 18.2 Å². The molecule has 0 aromatic heterocycles. The standard InChI is InChI=1S/C11H14O2S.C7H6Cl.Sn/c1-2-3-8-13-11(12)9-6-4-5-7-10(9)14;1-6-4-2-3-5-7(6)8;/h4-7,14H,2-3,8H2,1H3;2-5H,1H2;. The predicted molar refractivity (Wildman–Crippen MR) is 99.8 cm³/mol. The quantitative estimate of drug-likeness (QED) is 0.300. The molecule has 2 aromatic carbocycles. The molecular formula is C18H20ClO2SSn. The van der Waals surface area contributed by atoms with Gasteiger partial charge in [0.15, 0.2) is 0 Å². The van der Waals surface area contributed by atoms with Crippen LogP contribution in [0.1, 0.15) is 35.7 Å². The van der Waals surface area contributed by atoms with Crippen molar-refractivity contribution in [3.63, 3.8) is 0 Å². The van der Waals surface area contributed by atoms with Gasteiger partial charge in [0.25, 0.3) is 0 Å². The Kier molecular flexibility index (Phi) is 10.5. The molecule has 23 heavy (non-hydrogen) atoms. The average Bonchev–Trinajstić information content (AvgIpc) is 2.56. The second-order valence-corrected chi connectivity index (χ2v) is 6.67. The van der Waals surface area contributed by atoms with E-state index in [0.717, 1.165) is 22.3 Å². The Bertz CT molecular complexity index is 619.